The Labute approximate surface area is 132 Å². The quantitative estimate of drug-likeness (QED) is 0.653. The highest BCUT2D eigenvalue weighted by molar-refractivity contribution is 5.83. The van der Waals surface area contributed by atoms with E-state index in [2.05, 4.69) is 10.6 Å². The van der Waals surface area contributed by atoms with Crippen LogP contribution in [0.15, 0.2) is 30.3 Å². The highest BCUT2D eigenvalue weighted by Gasteiger charge is 2.25. The molecule has 0 saturated heterocycles. The molecule has 5 nitrogen and oxygen atoms in total. The molecule has 2 unspecified atom stereocenters. The number of carboxylic acid groups (broad SMARTS) is 1. The standard InChI is InChI=1S/C17H26N2O3/c1-4-14(17(21)22)19-15(10-12(2)3)16(20)18-11-13-8-6-5-7-9-13/h5-9,12,14-15,19H,4,10-11H2,1-3H3,(H,18,20)(H,21,22). The Morgan fingerprint density at radius 1 is 1.14 bits per heavy atom. The fourth-order valence-corrected chi connectivity index (χ4v) is 2.24. The molecule has 0 fully saturated rings. The first-order chi connectivity index (χ1) is 10.4. The van der Waals surface area contributed by atoms with Gasteiger partial charge in [0.15, 0.2) is 0 Å². The van der Waals surface area contributed by atoms with Crippen LogP contribution in [0.4, 0.5) is 0 Å². The maximum Gasteiger partial charge on any atom is 0.320 e. The summed E-state index contributed by atoms with van der Waals surface area (Å²) in [6, 6.07) is 8.45. The van der Waals surface area contributed by atoms with Gasteiger partial charge in [0.25, 0.3) is 0 Å². The Morgan fingerprint density at radius 3 is 2.27 bits per heavy atom. The zero-order chi connectivity index (χ0) is 16.5. The van der Waals surface area contributed by atoms with Crippen LogP contribution in [0.5, 0.6) is 0 Å². The third kappa shape index (κ3) is 6.26. The maximum atomic E-state index is 12.4. The summed E-state index contributed by atoms with van der Waals surface area (Å²) in [5.74, 6) is -0.782. The first-order valence-electron chi connectivity index (χ1n) is 7.74. The van der Waals surface area contributed by atoms with Crippen molar-refractivity contribution < 1.29 is 14.7 Å². The van der Waals surface area contributed by atoms with Crippen LogP contribution in [0, 0.1) is 5.92 Å². The minimum atomic E-state index is -0.924. The van der Waals surface area contributed by atoms with Crippen LogP contribution < -0.4 is 10.6 Å². The molecule has 2 atom stereocenters. The summed E-state index contributed by atoms with van der Waals surface area (Å²) in [4.78, 5) is 23.5. The van der Waals surface area contributed by atoms with Gasteiger partial charge < -0.3 is 10.4 Å². The molecule has 122 valence electrons. The lowest BCUT2D eigenvalue weighted by atomic mass is 10.0. The average Bonchev–Trinajstić information content (AvgIpc) is 2.49. The molecule has 1 aromatic rings. The molecule has 3 N–H and O–H groups in total. The number of carbonyl (C=O) groups excluding carboxylic acids is 1. The van der Waals surface area contributed by atoms with Gasteiger partial charge in [0, 0.05) is 6.54 Å². The van der Waals surface area contributed by atoms with Gasteiger partial charge in [0.05, 0.1) is 6.04 Å². The van der Waals surface area contributed by atoms with E-state index in [-0.39, 0.29) is 5.91 Å². The molecule has 0 bridgehead atoms. The van der Waals surface area contributed by atoms with Crippen LogP contribution in [0.3, 0.4) is 0 Å². The van der Waals surface area contributed by atoms with E-state index in [0.717, 1.165) is 5.56 Å². The number of amides is 1. The number of hydrogen-bond donors (Lipinski definition) is 3. The Hall–Kier alpha value is -1.88. The smallest absolute Gasteiger partial charge is 0.320 e. The minimum Gasteiger partial charge on any atom is -0.480 e. The van der Waals surface area contributed by atoms with Crippen molar-refractivity contribution in [3.05, 3.63) is 35.9 Å². The largest absolute Gasteiger partial charge is 0.480 e. The highest BCUT2D eigenvalue weighted by atomic mass is 16.4. The molecular formula is C17H26N2O3. The topological polar surface area (TPSA) is 78.4 Å². The molecule has 1 amide bonds. The summed E-state index contributed by atoms with van der Waals surface area (Å²) in [7, 11) is 0. The second kappa shape index (κ2) is 9.20. The monoisotopic (exact) mass is 306 g/mol. The van der Waals surface area contributed by atoms with Crippen LogP contribution in [0.2, 0.25) is 0 Å². The van der Waals surface area contributed by atoms with Gasteiger partial charge in [0.1, 0.15) is 6.04 Å². The van der Waals surface area contributed by atoms with E-state index >= 15 is 0 Å². The lowest BCUT2D eigenvalue weighted by molar-refractivity contribution is -0.140. The fraction of sp³-hybridized carbons (Fsp3) is 0.529. The van der Waals surface area contributed by atoms with E-state index in [4.69, 9.17) is 5.11 Å². The van der Waals surface area contributed by atoms with Crippen molar-refractivity contribution in [3.63, 3.8) is 0 Å². The van der Waals surface area contributed by atoms with E-state index in [0.29, 0.717) is 25.3 Å². The first-order valence-corrected chi connectivity index (χ1v) is 7.74. The molecule has 1 rings (SSSR count). The van der Waals surface area contributed by atoms with Crippen LogP contribution in [-0.4, -0.2) is 29.1 Å². The van der Waals surface area contributed by atoms with E-state index in [9.17, 15) is 9.59 Å². The predicted molar refractivity (Wildman–Crippen MR) is 86.4 cm³/mol. The number of carbonyl (C=O) groups is 2. The SMILES string of the molecule is CCC(NC(CC(C)C)C(=O)NCc1ccccc1)C(=O)O. The Balaban J connectivity index is 2.65. The average molecular weight is 306 g/mol. The molecule has 0 aromatic heterocycles. The zero-order valence-electron chi connectivity index (χ0n) is 13.5. The third-order valence-corrected chi connectivity index (χ3v) is 3.44. The summed E-state index contributed by atoms with van der Waals surface area (Å²) in [5, 5.41) is 15.0. The number of benzene rings is 1. The van der Waals surface area contributed by atoms with Gasteiger partial charge in [0.2, 0.25) is 5.91 Å². The molecule has 0 aliphatic rings. The lowest BCUT2D eigenvalue weighted by Gasteiger charge is -2.23. The lowest BCUT2D eigenvalue weighted by Crippen LogP contribution is -2.51. The number of rotatable bonds is 9. The molecule has 0 aliphatic heterocycles. The normalized spacial score (nSPS) is 13.6. The number of hydrogen-bond acceptors (Lipinski definition) is 3. The predicted octanol–water partition coefficient (Wildman–Crippen LogP) is 2.17. The molecule has 0 aliphatic carbocycles. The van der Waals surface area contributed by atoms with Crippen molar-refractivity contribution >= 4 is 11.9 Å². The van der Waals surface area contributed by atoms with Gasteiger partial charge in [-0.1, -0.05) is 51.1 Å². The van der Waals surface area contributed by atoms with Gasteiger partial charge >= 0.3 is 5.97 Å². The maximum absolute atomic E-state index is 12.4. The minimum absolute atomic E-state index is 0.155. The summed E-state index contributed by atoms with van der Waals surface area (Å²) in [5.41, 5.74) is 1.02. The second-order valence-corrected chi connectivity index (χ2v) is 5.85. The molecule has 0 radical (unpaired) electrons. The highest BCUT2D eigenvalue weighted by Crippen LogP contribution is 2.08. The van der Waals surface area contributed by atoms with Crippen molar-refractivity contribution in [2.75, 3.05) is 0 Å². The third-order valence-electron chi connectivity index (χ3n) is 3.44. The van der Waals surface area contributed by atoms with Gasteiger partial charge in [-0.05, 0) is 24.3 Å². The summed E-state index contributed by atoms with van der Waals surface area (Å²) in [6.07, 6.45) is 1.04. The summed E-state index contributed by atoms with van der Waals surface area (Å²) < 4.78 is 0. The number of aliphatic carboxylic acids is 1. The summed E-state index contributed by atoms with van der Waals surface area (Å²) >= 11 is 0. The van der Waals surface area contributed by atoms with Gasteiger partial charge in [-0.25, -0.2) is 0 Å². The van der Waals surface area contributed by atoms with E-state index in [1.807, 2.05) is 44.2 Å². The van der Waals surface area contributed by atoms with Gasteiger partial charge in [-0.3, -0.25) is 14.9 Å². The van der Waals surface area contributed by atoms with Crippen molar-refractivity contribution in [1.29, 1.82) is 0 Å². The first kappa shape index (κ1) is 18.2. The molecule has 1 aromatic carbocycles. The van der Waals surface area contributed by atoms with Crippen molar-refractivity contribution in [2.24, 2.45) is 5.92 Å². The van der Waals surface area contributed by atoms with Crippen LogP contribution in [-0.2, 0) is 16.1 Å². The molecule has 0 saturated carbocycles. The molecule has 5 heteroatoms. The van der Waals surface area contributed by atoms with E-state index in [1.54, 1.807) is 6.92 Å². The molecular weight excluding hydrogens is 280 g/mol. The van der Waals surface area contributed by atoms with E-state index in [1.165, 1.54) is 0 Å². The fourth-order valence-electron chi connectivity index (χ4n) is 2.24. The molecule has 22 heavy (non-hydrogen) atoms. The van der Waals surface area contributed by atoms with Crippen LogP contribution >= 0.6 is 0 Å². The summed E-state index contributed by atoms with van der Waals surface area (Å²) in [6.45, 7) is 6.27. The Kier molecular flexibility index (Phi) is 7.60. The van der Waals surface area contributed by atoms with E-state index < -0.39 is 18.1 Å². The van der Waals surface area contributed by atoms with Gasteiger partial charge in [-0.2, -0.15) is 0 Å². The van der Waals surface area contributed by atoms with Crippen LogP contribution in [0.1, 0.15) is 39.2 Å². The zero-order valence-corrected chi connectivity index (χ0v) is 13.5. The molecule has 0 spiro atoms. The molecule has 0 heterocycles. The van der Waals surface area contributed by atoms with Crippen molar-refractivity contribution in [2.45, 2.75) is 52.2 Å². The van der Waals surface area contributed by atoms with Crippen LogP contribution in [0.25, 0.3) is 0 Å². The van der Waals surface area contributed by atoms with Gasteiger partial charge in [-0.15, -0.1) is 0 Å². The second-order valence-electron chi connectivity index (χ2n) is 5.85. The number of nitrogens with one attached hydrogen (secondary N) is 2. The Morgan fingerprint density at radius 2 is 1.77 bits per heavy atom. The number of carboxylic acids is 1. The Bertz CT molecular complexity index is 474. The van der Waals surface area contributed by atoms with Crippen molar-refractivity contribution in [3.8, 4) is 0 Å². The van der Waals surface area contributed by atoms with Crippen molar-refractivity contribution in [1.82, 2.24) is 10.6 Å².